The molecule has 3 heterocycles. The number of nitrogens with one attached hydrogen (secondary N) is 2. The molecule has 12 heteroatoms. The van der Waals surface area contributed by atoms with Crippen LogP contribution in [0.15, 0.2) is 60.9 Å². The molecule has 1 aliphatic heterocycles. The van der Waals surface area contributed by atoms with E-state index >= 15 is 0 Å². The standard InChI is InChI=1S/C31H37F2N7O3/c1-20-29(22-15-34-38(2)16-22)37-40(23-8-6-5-7-9-23)30(20)36-31(41)35-28-18-39(24(19-43-4)12-13-42-3)17-25(28)21-10-11-26(32)27(33)14-21/h5-11,14-16,24-25,28H,12-13,17-19H2,1-4H3,(H2,35,36,41)/t24?,25-,28+/m0/s1. The quantitative estimate of drug-likeness (QED) is 0.266. The zero-order valence-electron chi connectivity index (χ0n) is 24.8. The van der Waals surface area contributed by atoms with Gasteiger partial charge in [-0.2, -0.15) is 10.2 Å². The average Bonchev–Trinajstić information content (AvgIpc) is 3.70. The molecule has 10 nitrogen and oxygen atoms in total. The topological polar surface area (TPSA) is 98.5 Å². The highest BCUT2D eigenvalue weighted by Gasteiger charge is 2.38. The lowest BCUT2D eigenvalue weighted by Crippen LogP contribution is -2.44. The van der Waals surface area contributed by atoms with Crippen LogP contribution in [-0.2, 0) is 16.5 Å². The van der Waals surface area contributed by atoms with E-state index in [0.717, 1.165) is 29.3 Å². The van der Waals surface area contributed by atoms with Crippen molar-refractivity contribution in [2.75, 3.05) is 45.8 Å². The van der Waals surface area contributed by atoms with Gasteiger partial charge < -0.3 is 14.8 Å². The van der Waals surface area contributed by atoms with Crippen LogP contribution in [0.4, 0.5) is 19.4 Å². The number of benzene rings is 2. The summed E-state index contributed by atoms with van der Waals surface area (Å²) >= 11 is 0. The number of aryl methyl sites for hydroxylation is 1. The van der Waals surface area contributed by atoms with Crippen LogP contribution < -0.4 is 10.6 Å². The molecule has 0 aliphatic carbocycles. The molecule has 1 saturated heterocycles. The van der Waals surface area contributed by atoms with Gasteiger partial charge in [-0.3, -0.25) is 14.9 Å². The summed E-state index contributed by atoms with van der Waals surface area (Å²) < 4.78 is 42.3. The van der Waals surface area contributed by atoms with E-state index in [1.165, 1.54) is 6.07 Å². The Morgan fingerprint density at radius 3 is 2.56 bits per heavy atom. The number of rotatable bonds is 11. The van der Waals surface area contributed by atoms with Gasteiger partial charge in [0.25, 0.3) is 0 Å². The van der Waals surface area contributed by atoms with Crippen LogP contribution in [-0.4, -0.2) is 83.1 Å². The molecule has 5 rings (SSSR count). The minimum atomic E-state index is -0.919. The largest absolute Gasteiger partial charge is 0.385 e. The van der Waals surface area contributed by atoms with Gasteiger partial charge in [0.05, 0.1) is 24.5 Å². The molecule has 1 aliphatic rings. The maximum absolute atomic E-state index is 14.3. The van der Waals surface area contributed by atoms with Crippen molar-refractivity contribution in [3.05, 3.63) is 83.7 Å². The zero-order chi connectivity index (χ0) is 30.5. The average molecular weight is 594 g/mol. The van der Waals surface area contributed by atoms with E-state index < -0.39 is 23.7 Å². The van der Waals surface area contributed by atoms with E-state index in [1.807, 2.05) is 50.5 Å². The van der Waals surface area contributed by atoms with Gasteiger partial charge >= 0.3 is 6.03 Å². The Bertz CT molecular complexity index is 1540. The smallest absolute Gasteiger partial charge is 0.320 e. The minimum Gasteiger partial charge on any atom is -0.385 e. The molecule has 2 amide bonds. The summed E-state index contributed by atoms with van der Waals surface area (Å²) in [6.45, 7) is 3.93. The summed E-state index contributed by atoms with van der Waals surface area (Å²) in [4.78, 5) is 15.9. The van der Waals surface area contributed by atoms with Crippen molar-refractivity contribution in [1.82, 2.24) is 29.8 Å². The second-order valence-corrected chi connectivity index (χ2v) is 10.8. The maximum Gasteiger partial charge on any atom is 0.320 e. The molecule has 0 spiro atoms. The fourth-order valence-corrected chi connectivity index (χ4v) is 5.71. The number of urea groups is 1. The molecule has 1 fully saturated rings. The number of aromatic nitrogens is 4. The summed E-state index contributed by atoms with van der Waals surface area (Å²) in [5.41, 5.74) is 3.68. The predicted molar refractivity (Wildman–Crippen MR) is 159 cm³/mol. The molecule has 43 heavy (non-hydrogen) atoms. The van der Waals surface area contributed by atoms with Gasteiger partial charge in [-0.1, -0.05) is 24.3 Å². The molecule has 4 aromatic rings. The SMILES string of the molecule is COCCC(COC)N1C[C@@H](NC(=O)Nc2c(C)c(-c3cnn(C)c3)nn2-c2ccccc2)[C@H](c2ccc(F)c(F)c2)C1. The third-order valence-corrected chi connectivity index (χ3v) is 7.90. The van der Waals surface area contributed by atoms with E-state index in [9.17, 15) is 13.6 Å². The summed E-state index contributed by atoms with van der Waals surface area (Å²) in [7, 11) is 5.12. The third kappa shape index (κ3) is 6.76. The van der Waals surface area contributed by atoms with Crippen molar-refractivity contribution in [3.63, 3.8) is 0 Å². The molecule has 2 aromatic heterocycles. The van der Waals surface area contributed by atoms with Crippen molar-refractivity contribution >= 4 is 11.8 Å². The fraction of sp³-hybridized carbons (Fsp3) is 0.387. The predicted octanol–water partition coefficient (Wildman–Crippen LogP) is 4.50. The highest BCUT2D eigenvalue weighted by molar-refractivity contribution is 5.91. The number of halogens is 2. The lowest BCUT2D eigenvalue weighted by Gasteiger charge is -2.27. The Labute approximate surface area is 249 Å². The van der Waals surface area contributed by atoms with Gasteiger partial charge in [0.1, 0.15) is 11.5 Å². The Morgan fingerprint density at radius 1 is 1.09 bits per heavy atom. The van der Waals surface area contributed by atoms with Gasteiger partial charge in [0.2, 0.25) is 0 Å². The van der Waals surface area contributed by atoms with Crippen molar-refractivity contribution in [2.24, 2.45) is 7.05 Å². The van der Waals surface area contributed by atoms with E-state index in [4.69, 9.17) is 14.6 Å². The second-order valence-electron chi connectivity index (χ2n) is 10.8. The Kier molecular flexibility index (Phi) is 9.49. The van der Waals surface area contributed by atoms with Crippen LogP contribution in [0.25, 0.3) is 16.9 Å². The molecule has 0 bridgehead atoms. The number of anilines is 1. The number of para-hydroxylation sites is 1. The van der Waals surface area contributed by atoms with Crippen LogP contribution in [0, 0.1) is 18.6 Å². The number of amides is 2. The number of likely N-dealkylation sites (tertiary alicyclic amines) is 1. The molecule has 0 saturated carbocycles. The number of methoxy groups -OCH3 is 2. The highest BCUT2D eigenvalue weighted by Crippen LogP contribution is 2.32. The number of nitrogens with zero attached hydrogens (tertiary/aromatic N) is 5. The minimum absolute atomic E-state index is 0.0244. The lowest BCUT2D eigenvalue weighted by atomic mass is 9.94. The zero-order valence-corrected chi connectivity index (χ0v) is 24.8. The third-order valence-electron chi connectivity index (χ3n) is 7.90. The lowest BCUT2D eigenvalue weighted by molar-refractivity contribution is 0.0766. The van der Waals surface area contributed by atoms with Crippen molar-refractivity contribution < 1.29 is 23.0 Å². The normalized spacial score (nSPS) is 17.7. The molecule has 2 N–H and O–H groups in total. The first-order chi connectivity index (χ1) is 20.8. The van der Waals surface area contributed by atoms with Gasteiger partial charge in [-0.15, -0.1) is 0 Å². The van der Waals surface area contributed by atoms with E-state index in [-0.39, 0.29) is 12.0 Å². The van der Waals surface area contributed by atoms with Crippen LogP contribution in [0.3, 0.4) is 0 Å². The van der Waals surface area contributed by atoms with E-state index in [2.05, 4.69) is 20.6 Å². The summed E-state index contributed by atoms with van der Waals surface area (Å²) in [5.74, 6) is -1.60. The first kappa shape index (κ1) is 30.3. The Hall–Kier alpha value is -4.13. The van der Waals surface area contributed by atoms with Gasteiger partial charge in [-0.05, 0) is 43.2 Å². The molecule has 228 valence electrons. The van der Waals surface area contributed by atoms with Gasteiger partial charge in [0, 0.05) is 70.2 Å². The van der Waals surface area contributed by atoms with Crippen LogP contribution in [0.1, 0.15) is 23.5 Å². The monoisotopic (exact) mass is 593 g/mol. The number of hydrogen-bond donors (Lipinski definition) is 2. The first-order valence-corrected chi connectivity index (χ1v) is 14.2. The van der Waals surface area contributed by atoms with E-state index in [0.29, 0.717) is 43.4 Å². The Balaban J connectivity index is 1.43. The van der Waals surface area contributed by atoms with Crippen LogP contribution in [0.5, 0.6) is 0 Å². The fourth-order valence-electron chi connectivity index (χ4n) is 5.71. The van der Waals surface area contributed by atoms with Crippen molar-refractivity contribution in [3.8, 4) is 16.9 Å². The van der Waals surface area contributed by atoms with Crippen LogP contribution >= 0.6 is 0 Å². The number of hydrogen-bond acceptors (Lipinski definition) is 6. The molecular weight excluding hydrogens is 556 g/mol. The molecule has 2 aromatic carbocycles. The number of carbonyl (C=O) groups excluding carboxylic acids is 1. The van der Waals surface area contributed by atoms with Crippen LogP contribution in [0.2, 0.25) is 0 Å². The van der Waals surface area contributed by atoms with Crippen molar-refractivity contribution in [1.29, 1.82) is 0 Å². The molecule has 1 unspecified atom stereocenters. The van der Waals surface area contributed by atoms with E-state index in [1.54, 1.807) is 35.8 Å². The summed E-state index contributed by atoms with van der Waals surface area (Å²) in [5, 5.41) is 15.2. The maximum atomic E-state index is 14.3. The number of carbonyl (C=O) groups is 1. The highest BCUT2D eigenvalue weighted by atomic mass is 19.2. The summed E-state index contributed by atoms with van der Waals surface area (Å²) in [6, 6.07) is 12.7. The molecule has 3 atom stereocenters. The van der Waals surface area contributed by atoms with Gasteiger partial charge in [0.15, 0.2) is 11.6 Å². The molecule has 0 radical (unpaired) electrons. The second kappa shape index (κ2) is 13.4. The van der Waals surface area contributed by atoms with Gasteiger partial charge in [-0.25, -0.2) is 18.3 Å². The Morgan fingerprint density at radius 2 is 1.88 bits per heavy atom. The number of ether oxygens (including phenoxy) is 2. The molecular formula is C31H37F2N7O3. The first-order valence-electron chi connectivity index (χ1n) is 14.2. The van der Waals surface area contributed by atoms with Crippen molar-refractivity contribution in [2.45, 2.75) is 31.3 Å². The summed E-state index contributed by atoms with van der Waals surface area (Å²) in [6.07, 6.45) is 4.32.